The smallest absolute Gasteiger partial charge is 0.339 e. The third-order valence-electron chi connectivity index (χ3n) is 6.32. The predicted molar refractivity (Wildman–Crippen MR) is 129 cm³/mol. The third kappa shape index (κ3) is 4.78. The van der Waals surface area contributed by atoms with E-state index < -0.39 is 18.5 Å². The highest BCUT2D eigenvalue weighted by Gasteiger charge is 2.26. The van der Waals surface area contributed by atoms with Gasteiger partial charge in [-0.15, -0.1) is 0 Å². The molecule has 1 aromatic heterocycles. The zero-order valence-corrected chi connectivity index (χ0v) is 18.9. The molecule has 3 aromatic rings. The first-order valence-corrected chi connectivity index (χ1v) is 11.9. The number of para-hydroxylation sites is 2. The predicted octanol–water partition coefficient (Wildman–Crippen LogP) is 4.19. The van der Waals surface area contributed by atoms with Crippen LogP contribution in [0.3, 0.4) is 0 Å². The fraction of sp³-hybridized carbons (Fsp3) is 0.333. The van der Waals surface area contributed by atoms with Gasteiger partial charge in [0.2, 0.25) is 0 Å². The number of ether oxygens (including phenoxy) is 1. The highest BCUT2D eigenvalue weighted by molar-refractivity contribution is 6.07. The molecule has 0 saturated heterocycles. The molecule has 1 saturated carbocycles. The van der Waals surface area contributed by atoms with Gasteiger partial charge < -0.3 is 15.4 Å². The largest absolute Gasteiger partial charge is 0.452 e. The molecule has 1 fully saturated rings. The van der Waals surface area contributed by atoms with E-state index in [4.69, 9.17) is 9.72 Å². The van der Waals surface area contributed by atoms with Gasteiger partial charge in [0.1, 0.15) is 0 Å². The van der Waals surface area contributed by atoms with Crippen LogP contribution < -0.4 is 10.6 Å². The number of pyridine rings is 1. The summed E-state index contributed by atoms with van der Waals surface area (Å²) in [5.74, 6) is -1.24. The van der Waals surface area contributed by atoms with Crippen molar-refractivity contribution in [2.75, 3.05) is 11.9 Å². The molecular formula is C27H27N3O4. The minimum atomic E-state index is -0.522. The van der Waals surface area contributed by atoms with Gasteiger partial charge >= 0.3 is 5.97 Å². The first-order valence-electron chi connectivity index (χ1n) is 11.9. The summed E-state index contributed by atoms with van der Waals surface area (Å²) in [4.78, 5) is 43.1. The van der Waals surface area contributed by atoms with Crippen molar-refractivity contribution in [3.05, 3.63) is 70.9 Å². The number of benzene rings is 2. The Morgan fingerprint density at radius 3 is 2.56 bits per heavy atom. The Morgan fingerprint density at radius 1 is 0.941 bits per heavy atom. The molecule has 0 bridgehead atoms. The minimum Gasteiger partial charge on any atom is -0.452 e. The van der Waals surface area contributed by atoms with Crippen molar-refractivity contribution in [1.29, 1.82) is 0 Å². The normalized spacial score (nSPS) is 15.2. The monoisotopic (exact) mass is 457 g/mol. The number of amides is 2. The van der Waals surface area contributed by atoms with Crippen LogP contribution in [0.1, 0.15) is 64.1 Å². The molecule has 0 spiro atoms. The van der Waals surface area contributed by atoms with E-state index in [9.17, 15) is 14.4 Å². The molecule has 7 nitrogen and oxygen atoms in total. The van der Waals surface area contributed by atoms with Gasteiger partial charge in [0.05, 0.1) is 22.3 Å². The van der Waals surface area contributed by atoms with Gasteiger partial charge in [-0.2, -0.15) is 0 Å². The second-order valence-corrected chi connectivity index (χ2v) is 8.91. The van der Waals surface area contributed by atoms with E-state index >= 15 is 0 Å². The molecule has 2 aliphatic rings. The molecule has 5 rings (SSSR count). The number of aromatic nitrogens is 1. The minimum absolute atomic E-state index is 0.211. The number of carbonyl (C=O) groups is 3. The van der Waals surface area contributed by atoms with Crippen LogP contribution in [-0.4, -0.2) is 35.4 Å². The summed E-state index contributed by atoms with van der Waals surface area (Å²) < 4.78 is 5.47. The van der Waals surface area contributed by atoms with Crippen LogP contribution in [0.2, 0.25) is 0 Å². The number of nitrogens with zero attached hydrogens (tertiary/aromatic N) is 1. The average Bonchev–Trinajstić information content (AvgIpc) is 3.68. The van der Waals surface area contributed by atoms with Crippen LogP contribution in [0.25, 0.3) is 10.9 Å². The second kappa shape index (κ2) is 9.63. The Bertz CT molecular complexity index is 1270. The third-order valence-corrected chi connectivity index (χ3v) is 6.32. The second-order valence-electron chi connectivity index (χ2n) is 8.91. The summed E-state index contributed by atoms with van der Waals surface area (Å²) >= 11 is 0. The average molecular weight is 458 g/mol. The molecule has 1 heterocycles. The maximum atomic E-state index is 13.2. The van der Waals surface area contributed by atoms with Crippen LogP contribution in [0.5, 0.6) is 0 Å². The molecule has 2 N–H and O–H groups in total. The molecule has 2 aromatic carbocycles. The summed E-state index contributed by atoms with van der Waals surface area (Å²) in [6.07, 6.45) is 6.69. The zero-order valence-electron chi connectivity index (χ0n) is 18.9. The Hall–Kier alpha value is -3.74. The van der Waals surface area contributed by atoms with E-state index in [1.807, 2.05) is 24.3 Å². The lowest BCUT2D eigenvalue weighted by Gasteiger charge is -2.15. The van der Waals surface area contributed by atoms with Crippen molar-refractivity contribution in [3.8, 4) is 0 Å². The van der Waals surface area contributed by atoms with E-state index in [2.05, 4.69) is 10.6 Å². The Morgan fingerprint density at radius 2 is 1.71 bits per heavy atom. The lowest BCUT2D eigenvalue weighted by Crippen LogP contribution is -2.28. The standard InChI is InChI=1S/C27H27N3O4/c31-24(30-23-13-7-5-10-20(23)26(32)28-17-14-15-17)16-34-27(33)25-18-8-2-1-3-11-21(18)29-22-12-6-4-9-19(22)25/h4-7,9-10,12-13,17H,1-3,8,11,14-16H2,(H,28,32)(H,30,31). The molecule has 174 valence electrons. The SMILES string of the molecule is O=C(COC(=O)c1c2c(nc3ccccc13)CCCCC2)Nc1ccccc1C(=O)NC1CC1. The summed E-state index contributed by atoms with van der Waals surface area (Å²) in [5.41, 5.74) is 3.94. The molecule has 0 radical (unpaired) electrons. The van der Waals surface area contributed by atoms with Crippen molar-refractivity contribution < 1.29 is 19.1 Å². The van der Waals surface area contributed by atoms with Crippen LogP contribution in [0.15, 0.2) is 48.5 Å². The first kappa shape index (κ1) is 22.1. The van der Waals surface area contributed by atoms with Crippen molar-refractivity contribution >= 4 is 34.4 Å². The molecule has 0 aliphatic heterocycles. The zero-order chi connectivity index (χ0) is 23.5. The van der Waals surface area contributed by atoms with Crippen LogP contribution in [0.4, 0.5) is 5.69 Å². The van der Waals surface area contributed by atoms with E-state index in [-0.39, 0.29) is 11.9 Å². The maximum Gasteiger partial charge on any atom is 0.339 e. The number of hydrogen-bond donors (Lipinski definition) is 2. The first-order chi connectivity index (χ1) is 16.6. The number of rotatable bonds is 6. The molecular weight excluding hydrogens is 430 g/mol. The van der Waals surface area contributed by atoms with Crippen molar-refractivity contribution in [2.45, 2.75) is 51.0 Å². The van der Waals surface area contributed by atoms with Gasteiger partial charge in [-0.05, 0) is 62.3 Å². The van der Waals surface area contributed by atoms with Gasteiger partial charge in [-0.1, -0.05) is 36.8 Å². The maximum absolute atomic E-state index is 13.2. The van der Waals surface area contributed by atoms with Gasteiger partial charge in [0, 0.05) is 17.1 Å². The lowest BCUT2D eigenvalue weighted by molar-refractivity contribution is -0.119. The van der Waals surface area contributed by atoms with E-state index in [0.717, 1.165) is 67.1 Å². The fourth-order valence-electron chi connectivity index (χ4n) is 4.45. The summed E-state index contributed by atoms with van der Waals surface area (Å²) in [5, 5.41) is 6.38. The Kier molecular flexibility index (Phi) is 6.25. The molecule has 0 unspecified atom stereocenters. The molecule has 2 amide bonds. The van der Waals surface area contributed by atoms with Crippen molar-refractivity contribution in [2.24, 2.45) is 0 Å². The number of anilines is 1. The molecule has 2 aliphatic carbocycles. The number of carbonyl (C=O) groups excluding carboxylic acids is 3. The van der Waals surface area contributed by atoms with Crippen LogP contribution >= 0.6 is 0 Å². The highest BCUT2D eigenvalue weighted by Crippen LogP contribution is 2.29. The Balaban J connectivity index is 1.32. The molecule has 34 heavy (non-hydrogen) atoms. The number of fused-ring (bicyclic) bond motifs is 2. The van der Waals surface area contributed by atoms with Gasteiger partial charge in [0.25, 0.3) is 11.8 Å². The topological polar surface area (TPSA) is 97.4 Å². The summed E-state index contributed by atoms with van der Waals surface area (Å²) in [7, 11) is 0. The summed E-state index contributed by atoms with van der Waals surface area (Å²) in [6, 6.07) is 14.6. The number of aryl methyl sites for hydroxylation is 1. The number of esters is 1. The van der Waals surface area contributed by atoms with E-state index in [1.54, 1.807) is 24.3 Å². The Labute approximate surface area is 197 Å². The van der Waals surface area contributed by atoms with E-state index in [1.165, 1.54) is 0 Å². The van der Waals surface area contributed by atoms with Gasteiger partial charge in [-0.25, -0.2) is 4.79 Å². The van der Waals surface area contributed by atoms with Gasteiger partial charge in [0.15, 0.2) is 6.61 Å². The number of nitrogens with one attached hydrogen (secondary N) is 2. The van der Waals surface area contributed by atoms with Crippen LogP contribution in [-0.2, 0) is 22.4 Å². The van der Waals surface area contributed by atoms with Gasteiger partial charge in [-0.3, -0.25) is 14.6 Å². The van der Waals surface area contributed by atoms with E-state index in [0.29, 0.717) is 16.8 Å². The summed E-state index contributed by atoms with van der Waals surface area (Å²) in [6.45, 7) is -0.442. The highest BCUT2D eigenvalue weighted by atomic mass is 16.5. The number of hydrogen-bond acceptors (Lipinski definition) is 5. The van der Waals surface area contributed by atoms with Crippen molar-refractivity contribution in [1.82, 2.24) is 10.3 Å². The molecule has 7 heteroatoms. The fourth-order valence-corrected chi connectivity index (χ4v) is 4.45. The quantitative estimate of drug-likeness (QED) is 0.427. The van der Waals surface area contributed by atoms with Crippen LogP contribution in [0, 0.1) is 0 Å². The molecule has 0 atom stereocenters. The van der Waals surface area contributed by atoms with Crippen molar-refractivity contribution in [3.63, 3.8) is 0 Å². The lowest BCUT2D eigenvalue weighted by atomic mass is 9.97.